The van der Waals surface area contributed by atoms with Crippen molar-refractivity contribution in [3.8, 4) is 5.75 Å². The molecule has 0 aromatic heterocycles. The molecule has 3 aliphatic rings. The lowest BCUT2D eigenvalue weighted by Crippen LogP contribution is -2.72. The molecule has 17 heavy (non-hydrogen) atoms. The summed E-state index contributed by atoms with van der Waals surface area (Å²) in [5.74, 6) is 0.295. The van der Waals surface area contributed by atoms with Crippen LogP contribution in [0.1, 0.15) is 31.2 Å². The molecule has 1 aromatic carbocycles. The third-order valence-corrected chi connectivity index (χ3v) is 5.52. The fourth-order valence-electron chi connectivity index (χ4n) is 4.18. The number of phenols is 1. The molecule has 0 radical (unpaired) electrons. The van der Waals surface area contributed by atoms with Crippen molar-refractivity contribution in [1.82, 2.24) is 4.90 Å². The Balaban J connectivity index is 1.79. The summed E-state index contributed by atoms with van der Waals surface area (Å²) in [7, 11) is 0. The Morgan fingerprint density at radius 1 is 1.12 bits per heavy atom. The number of hydrogen-bond acceptors (Lipinski definition) is 2. The van der Waals surface area contributed by atoms with Crippen LogP contribution in [0.5, 0.6) is 5.75 Å². The molecule has 0 amide bonds. The lowest BCUT2D eigenvalue weighted by Gasteiger charge is -2.67. The first-order chi connectivity index (χ1) is 8.12. The molecule has 1 aromatic rings. The first-order valence-corrected chi connectivity index (χ1v) is 6.84. The van der Waals surface area contributed by atoms with Gasteiger partial charge in [-0.15, -0.1) is 0 Å². The number of aromatic hydroxyl groups is 1. The fraction of sp³-hybridized carbons (Fsp3) is 0.538. The maximum absolute atomic E-state index is 10.1. The maximum atomic E-state index is 10.1. The van der Waals surface area contributed by atoms with Gasteiger partial charge in [0.25, 0.3) is 0 Å². The monoisotopic (exact) mass is 269 g/mol. The zero-order valence-electron chi connectivity index (χ0n) is 9.29. The fourth-order valence-corrected chi connectivity index (χ4v) is 4.50. The summed E-state index contributed by atoms with van der Waals surface area (Å²) in [6, 6.07) is 4.90. The van der Waals surface area contributed by atoms with Crippen molar-refractivity contribution in [2.45, 2.75) is 43.3 Å². The van der Waals surface area contributed by atoms with E-state index in [0.29, 0.717) is 15.8 Å². The van der Waals surface area contributed by atoms with Gasteiger partial charge in [0.05, 0.1) is 15.6 Å². The summed E-state index contributed by atoms with van der Waals surface area (Å²) in [6.45, 7) is 0. The van der Waals surface area contributed by atoms with E-state index in [1.165, 1.54) is 12.8 Å². The predicted octanol–water partition coefficient (Wildman–Crippen LogP) is 3.53. The summed E-state index contributed by atoms with van der Waals surface area (Å²) < 4.78 is 0. The van der Waals surface area contributed by atoms with Crippen LogP contribution in [-0.4, -0.2) is 22.1 Å². The molecule has 3 saturated heterocycles. The topological polar surface area (TPSA) is 23.5 Å². The Morgan fingerprint density at radius 2 is 1.71 bits per heavy atom. The van der Waals surface area contributed by atoms with Gasteiger partial charge < -0.3 is 5.11 Å². The highest BCUT2D eigenvalue weighted by atomic mass is 35.5. The predicted molar refractivity (Wildman–Crippen MR) is 67.7 cm³/mol. The van der Waals surface area contributed by atoms with Gasteiger partial charge in [-0.3, -0.25) is 4.90 Å². The van der Waals surface area contributed by atoms with Crippen LogP contribution >= 0.6 is 23.2 Å². The van der Waals surface area contributed by atoms with E-state index in [1.54, 1.807) is 6.07 Å². The minimum Gasteiger partial charge on any atom is -0.508 e. The normalized spacial score (nSPS) is 38.5. The third kappa shape index (κ3) is 1.12. The summed E-state index contributed by atoms with van der Waals surface area (Å²) >= 11 is 12.0. The number of nitrogens with zero attached hydrogens (tertiary/aromatic N) is 1. The van der Waals surface area contributed by atoms with Gasteiger partial charge in [0.2, 0.25) is 0 Å². The smallest absolute Gasteiger partial charge is 0.122 e. The number of halogens is 2. The molecular formula is C13H13Cl2NO. The standard InChI is InChI=1S/C13H13Cl2NO/c14-10-3-9(12(17)4-11(10)15)13-5-7-1-2-8(6-13)16(7)13/h3-4,7-8,17H,1-2,5-6H2/t7-,8+,13+. The van der Waals surface area contributed by atoms with Crippen LogP contribution in [-0.2, 0) is 5.54 Å². The number of piperidine rings is 1. The number of phenolic OH excluding ortho intramolecular Hbond substituents is 1. The Morgan fingerprint density at radius 3 is 2.35 bits per heavy atom. The molecule has 3 fully saturated rings. The molecule has 2 nitrogen and oxygen atoms in total. The Bertz CT molecular complexity index is 502. The second-order valence-electron chi connectivity index (χ2n) is 5.52. The molecule has 0 unspecified atom stereocenters. The highest BCUT2D eigenvalue weighted by Crippen LogP contribution is 2.65. The van der Waals surface area contributed by atoms with E-state index in [9.17, 15) is 5.11 Å². The molecule has 0 bridgehead atoms. The van der Waals surface area contributed by atoms with E-state index >= 15 is 0 Å². The zero-order valence-corrected chi connectivity index (χ0v) is 10.8. The van der Waals surface area contributed by atoms with Gasteiger partial charge in [0, 0.05) is 23.7 Å². The summed E-state index contributed by atoms with van der Waals surface area (Å²) in [4.78, 5) is 2.56. The van der Waals surface area contributed by atoms with Gasteiger partial charge >= 0.3 is 0 Å². The Kier molecular flexibility index (Phi) is 1.92. The number of rotatable bonds is 1. The molecule has 3 atom stereocenters. The molecule has 3 heterocycles. The minimum atomic E-state index is 0.0736. The van der Waals surface area contributed by atoms with Gasteiger partial charge in [0.1, 0.15) is 5.75 Å². The average Bonchev–Trinajstić information content (AvgIpc) is 2.44. The van der Waals surface area contributed by atoms with Crippen molar-refractivity contribution in [3.05, 3.63) is 27.7 Å². The minimum absolute atomic E-state index is 0.0736. The van der Waals surface area contributed by atoms with Gasteiger partial charge in [-0.2, -0.15) is 0 Å². The molecule has 3 aliphatic heterocycles. The number of benzene rings is 1. The highest BCUT2D eigenvalue weighted by molar-refractivity contribution is 6.42. The van der Waals surface area contributed by atoms with Gasteiger partial charge in [-0.05, 0) is 31.7 Å². The highest BCUT2D eigenvalue weighted by Gasteiger charge is 2.66. The first kappa shape index (κ1) is 10.5. The van der Waals surface area contributed by atoms with Crippen LogP contribution in [0.3, 0.4) is 0 Å². The quantitative estimate of drug-likeness (QED) is 0.843. The molecule has 4 rings (SSSR count). The third-order valence-electron chi connectivity index (χ3n) is 4.80. The SMILES string of the molecule is Oc1cc(Cl)c(Cl)cc1[C@]12C[C@H]3CC[C@@H](C1)N32. The average molecular weight is 270 g/mol. The number of hydrogen-bond donors (Lipinski definition) is 1. The van der Waals surface area contributed by atoms with E-state index in [-0.39, 0.29) is 5.54 Å². The maximum Gasteiger partial charge on any atom is 0.122 e. The largest absolute Gasteiger partial charge is 0.508 e. The Labute approximate surface area is 110 Å². The molecule has 4 heteroatoms. The second-order valence-corrected chi connectivity index (χ2v) is 6.33. The molecule has 0 aliphatic carbocycles. The van der Waals surface area contributed by atoms with E-state index in [2.05, 4.69) is 4.90 Å². The van der Waals surface area contributed by atoms with Gasteiger partial charge in [-0.25, -0.2) is 0 Å². The van der Waals surface area contributed by atoms with Crippen LogP contribution in [0.15, 0.2) is 12.1 Å². The summed E-state index contributed by atoms with van der Waals surface area (Å²) in [5.41, 5.74) is 1.05. The van der Waals surface area contributed by atoms with Crippen molar-refractivity contribution < 1.29 is 5.11 Å². The van der Waals surface area contributed by atoms with E-state index in [1.807, 2.05) is 6.07 Å². The van der Waals surface area contributed by atoms with E-state index < -0.39 is 0 Å². The van der Waals surface area contributed by atoms with Crippen LogP contribution in [0.2, 0.25) is 10.0 Å². The molecule has 1 N–H and O–H groups in total. The first-order valence-electron chi connectivity index (χ1n) is 6.09. The molecular weight excluding hydrogens is 257 g/mol. The lowest BCUT2D eigenvalue weighted by atomic mass is 9.64. The van der Waals surface area contributed by atoms with E-state index in [0.717, 1.165) is 30.5 Å². The van der Waals surface area contributed by atoms with Gasteiger partial charge in [0.15, 0.2) is 0 Å². The van der Waals surface area contributed by atoms with Crippen LogP contribution < -0.4 is 0 Å². The van der Waals surface area contributed by atoms with Gasteiger partial charge in [-0.1, -0.05) is 23.2 Å². The summed E-state index contributed by atoms with van der Waals surface area (Å²) in [5, 5.41) is 11.1. The van der Waals surface area contributed by atoms with Crippen molar-refractivity contribution in [1.29, 1.82) is 0 Å². The van der Waals surface area contributed by atoms with Crippen LogP contribution in [0.25, 0.3) is 0 Å². The molecule has 0 saturated carbocycles. The van der Waals surface area contributed by atoms with Crippen LogP contribution in [0, 0.1) is 0 Å². The van der Waals surface area contributed by atoms with E-state index in [4.69, 9.17) is 23.2 Å². The van der Waals surface area contributed by atoms with Crippen LogP contribution in [0.4, 0.5) is 0 Å². The Hall–Kier alpha value is -0.440. The summed E-state index contributed by atoms with van der Waals surface area (Å²) in [6.07, 6.45) is 4.95. The second kappa shape index (κ2) is 3.11. The van der Waals surface area contributed by atoms with Crippen molar-refractivity contribution in [2.75, 3.05) is 0 Å². The molecule has 90 valence electrons. The van der Waals surface area contributed by atoms with Crippen molar-refractivity contribution >= 4 is 23.2 Å². The van der Waals surface area contributed by atoms with Crippen molar-refractivity contribution in [2.24, 2.45) is 0 Å². The van der Waals surface area contributed by atoms with Crippen molar-refractivity contribution in [3.63, 3.8) is 0 Å². The lowest BCUT2D eigenvalue weighted by molar-refractivity contribution is -0.172. The molecule has 0 spiro atoms. The zero-order chi connectivity index (χ0) is 11.8.